The summed E-state index contributed by atoms with van der Waals surface area (Å²) in [7, 11) is 1.58. The van der Waals surface area contributed by atoms with Crippen molar-refractivity contribution in [3.63, 3.8) is 0 Å². The lowest BCUT2D eigenvalue weighted by molar-refractivity contribution is -0.121. The number of guanidine groups is 1. The van der Waals surface area contributed by atoms with Gasteiger partial charge >= 0.3 is 0 Å². The highest BCUT2D eigenvalue weighted by atomic mass is 127. The molecule has 0 saturated heterocycles. The van der Waals surface area contributed by atoms with Gasteiger partial charge in [-0.15, -0.1) is 24.0 Å². The number of nitrogens with one attached hydrogen (secondary N) is 3. The molecule has 0 heterocycles. The van der Waals surface area contributed by atoms with E-state index in [2.05, 4.69) is 20.9 Å². The van der Waals surface area contributed by atoms with Crippen molar-refractivity contribution in [3.8, 4) is 5.75 Å². The fourth-order valence-electron chi connectivity index (χ4n) is 1.75. The van der Waals surface area contributed by atoms with Crippen molar-refractivity contribution in [1.82, 2.24) is 16.0 Å². The van der Waals surface area contributed by atoms with Gasteiger partial charge in [0.15, 0.2) is 17.6 Å². The average Bonchev–Trinajstić information content (AvgIpc) is 2.48. The Labute approximate surface area is 163 Å². The maximum absolute atomic E-state index is 13.0. The molecule has 0 saturated carbocycles. The standard InChI is InChI=1S/C16H24F2N4O2.HI/c1-16(2,3)22-14(23)10-21-15(19-4)20-7-8-24-11-5-6-12(17)13(18)9-11;/h5-6,9H,7-8,10H2,1-4H3,(H,22,23)(H2,19,20,21);1H. The van der Waals surface area contributed by atoms with Crippen LogP contribution >= 0.6 is 24.0 Å². The molecule has 1 aromatic carbocycles. The zero-order chi connectivity index (χ0) is 18.2. The summed E-state index contributed by atoms with van der Waals surface area (Å²) in [6.07, 6.45) is 0. The van der Waals surface area contributed by atoms with Gasteiger partial charge in [0.25, 0.3) is 0 Å². The first-order valence-electron chi connectivity index (χ1n) is 7.54. The number of ether oxygens (including phenoxy) is 1. The van der Waals surface area contributed by atoms with E-state index in [0.29, 0.717) is 12.5 Å². The van der Waals surface area contributed by atoms with E-state index in [1.807, 2.05) is 20.8 Å². The van der Waals surface area contributed by atoms with E-state index in [4.69, 9.17) is 4.74 Å². The lowest BCUT2D eigenvalue weighted by Gasteiger charge is -2.21. The third kappa shape index (κ3) is 10.0. The Hall–Kier alpha value is -1.65. The molecule has 25 heavy (non-hydrogen) atoms. The molecule has 0 spiro atoms. The first-order valence-corrected chi connectivity index (χ1v) is 7.54. The van der Waals surface area contributed by atoms with E-state index in [9.17, 15) is 13.6 Å². The van der Waals surface area contributed by atoms with Crippen molar-refractivity contribution in [2.24, 2.45) is 4.99 Å². The predicted octanol–water partition coefficient (Wildman–Crippen LogP) is 2.04. The molecular formula is C16H25F2IN4O2. The van der Waals surface area contributed by atoms with Crippen LogP contribution in [0.25, 0.3) is 0 Å². The van der Waals surface area contributed by atoms with Gasteiger partial charge < -0.3 is 20.7 Å². The molecule has 0 aliphatic heterocycles. The van der Waals surface area contributed by atoms with E-state index < -0.39 is 11.6 Å². The first kappa shape index (κ1) is 23.4. The number of aliphatic imine (C=N–C) groups is 1. The third-order valence-electron chi connectivity index (χ3n) is 2.71. The minimum absolute atomic E-state index is 0. The Balaban J connectivity index is 0.00000576. The van der Waals surface area contributed by atoms with Crippen LogP contribution in [0.2, 0.25) is 0 Å². The van der Waals surface area contributed by atoms with Crippen LogP contribution in [0, 0.1) is 11.6 Å². The second kappa shape index (κ2) is 11.1. The molecule has 0 unspecified atom stereocenters. The topological polar surface area (TPSA) is 74.8 Å². The highest BCUT2D eigenvalue weighted by molar-refractivity contribution is 14.0. The lowest BCUT2D eigenvalue weighted by atomic mass is 10.1. The summed E-state index contributed by atoms with van der Waals surface area (Å²) in [6, 6.07) is 3.34. The Kier molecular flexibility index (Phi) is 10.3. The van der Waals surface area contributed by atoms with E-state index in [-0.39, 0.29) is 54.3 Å². The molecule has 0 bridgehead atoms. The molecule has 0 radical (unpaired) electrons. The van der Waals surface area contributed by atoms with Gasteiger partial charge in [0.05, 0.1) is 13.1 Å². The number of hydrogen-bond donors (Lipinski definition) is 3. The molecule has 6 nitrogen and oxygen atoms in total. The maximum Gasteiger partial charge on any atom is 0.239 e. The summed E-state index contributed by atoms with van der Waals surface area (Å²) in [6.45, 7) is 6.37. The SMILES string of the molecule is CN=C(NCCOc1ccc(F)c(F)c1)NCC(=O)NC(C)(C)C.I. The molecular weight excluding hydrogens is 445 g/mol. The number of carbonyl (C=O) groups is 1. The van der Waals surface area contributed by atoms with Crippen molar-refractivity contribution in [3.05, 3.63) is 29.8 Å². The van der Waals surface area contributed by atoms with Gasteiger partial charge in [-0.1, -0.05) is 0 Å². The van der Waals surface area contributed by atoms with E-state index in [1.165, 1.54) is 6.07 Å². The van der Waals surface area contributed by atoms with Crippen LogP contribution in [0.15, 0.2) is 23.2 Å². The average molecular weight is 470 g/mol. The van der Waals surface area contributed by atoms with Crippen LogP contribution in [0.3, 0.4) is 0 Å². The molecule has 0 aromatic heterocycles. The molecule has 3 N–H and O–H groups in total. The summed E-state index contributed by atoms with van der Waals surface area (Å²) >= 11 is 0. The van der Waals surface area contributed by atoms with Crippen LogP contribution in [0.5, 0.6) is 5.75 Å². The van der Waals surface area contributed by atoms with E-state index in [0.717, 1.165) is 12.1 Å². The number of rotatable bonds is 6. The van der Waals surface area contributed by atoms with Crippen molar-refractivity contribution < 1.29 is 18.3 Å². The molecule has 1 rings (SSSR count). The Morgan fingerprint density at radius 1 is 1.20 bits per heavy atom. The fraction of sp³-hybridized carbons (Fsp3) is 0.500. The number of benzene rings is 1. The largest absolute Gasteiger partial charge is 0.492 e. The van der Waals surface area contributed by atoms with Crippen LogP contribution in [0.4, 0.5) is 8.78 Å². The second-order valence-electron chi connectivity index (χ2n) is 6.08. The summed E-state index contributed by atoms with van der Waals surface area (Å²) in [4.78, 5) is 15.7. The van der Waals surface area contributed by atoms with Crippen LogP contribution in [0.1, 0.15) is 20.8 Å². The quantitative estimate of drug-likeness (QED) is 0.258. The highest BCUT2D eigenvalue weighted by Crippen LogP contribution is 2.14. The van der Waals surface area contributed by atoms with Crippen molar-refractivity contribution in [2.75, 3.05) is 26.7 Å². The summed E-state index contributed by atoms with van der Waals surface area (Å²) in [5.74, 6) is -1.35. The number of amides is 1. The van der Waals surface area contributed by atoms with Crippen LogP contribution in [-0.2, 0) is 4.79 Å². The summed E-state index contributed by atoms with van der Waals surface area (Å²) in [5, 5.41) is 8.64. The summed E-state index contributed by atoms with van der Waals surface area (Å²) < 4.78 is 31.1. The Morgan fingerprint density at radius 3 is 2.44 bits per heavy atom. The summed E-state index contributed by atoms with van der Waals surface area (Å²) in [5.41, 5.74) is -0.298. The molecule has 142 valence electrons. The van der Waals surface area contributed by atoms with Gasteiger partial charge in [-0.05, 0) is 32.9 Å². The molecule has 0 fully saturated rings. The van der Waals surface area contributed by atoms with Gasteiger partial charge in [-0.3, -0.25) is 9.79 Å². The molecule has 1 aromatic rings. The van der Waals surface area contributed by atoms with Crippen molar-refractivity contribution in [1.29, 1.82) is 0 Å². The van der Waals surface area contributed by atoms with Gasteiger partial charge in [0.2, 0.25) is 5.91 Å². The number of carbonyl (C=O) groups excluding carboxylic acids is 1. The highest BCUT2D eigenvalue weighted by Gasteiger charge is 2.13. The third-order valence-corrected chi connectivity index (χ3v) is 2.71. The van der Waals surface area contributed by atoms with Crippen molar-refractivity contribution >= 4 is 35.8 Å². The minimum Gasteiger partial charge on any atom is -0.492 e. The predicted molar refractivity (Wildman–Crippen MR) is 105 cm³/mol. The van der Waals surface area contributed by atoms with Gasteiger partial charge in [0.1, 0.15) is 12.4 Å². The number of nitrogens with zero attached hydrogens (tertiary/aromatic N) is 1. The van der Waals surface area contributed by atoms with Gasteiger partial charge in [-0.25, -0.2) is 8.78 Å². The molecule has 0 aliphatic rings. The lowest BCUT2D eigenvalue weighted by Crippen LogP contribution is -2.48. The second-order valence-corrected chi connectivity index (χ2v) is 6.08. The van der Waals surface area contributed by atoms with Crippen LogP contribution in [-0.4, -0.2) is 44.1 Å². The molecule has 0 atom stereocenters. The Bertz CT molecular complexity index is 592. The van der Waals surface area contributed by atoms with E-state index >= 15 is 0 Å². The van der Waals surface area contributed by atoms with Crippen molar-refractivity contribution in [2.45, 2.75) is 26.3 Å². The normalized spacial score (nSPS) is 11.4. The van der Waals surface area contributed by atoms with Crippen LogP contribution < -0.4 is 20.7 Å². The minimum atomic E-state index is -0.956. The Morgan fingerprint density at radius 2 is 1.88 bits per heavy atom. The maximum atomic E-state index is 13.0. The zero-order valence-electron chi connectivity index (χ0n) is 14.8. The van der Waals surface area contributed by atoms with E-state index in [1.54, 1.807) is 7.05 Å². The monoisotopic (exact) mass is 470 g/mol. The number of halogens is 3. The fourth-order valence-corrected chi connectivity index (χ4v) is 1.75. The molecule has 9 heteroatoms. The molecule has 1 amide bonds. The zero-order valence-corrected chi connectivity index (χ0v) is 17.1. The first-order chi connectivity index (χ1) is 11.2. The van der Waals surface area contributed by atoms with Gasteiger partial charge in [-0.2, -0.15) is 0 Å². The molecule has 0 aliphatic carbocycles. The number of hydrogen-bond acceptors (Lipinski definition) is 3. The van der Waals surface area contributed by atoms with Gasteiger partial charge in [0, 0.05) is 18.7 Å². The smallest absolute Gasteiger partial charge is 0.239 e.